The van der Waals surface area contributed by atoms with Crippen molar-refractivity contribution >= 4 is 22.5 Å². The van der Waals surface area contributed by atoms with Crippen molar-refractivity contribution in [1.29, 1.82) is 0 Å². The largest absolute Gasteiger partial charge is 0.337 e. The highest BCUT2D eigenvalue weighted by molar-refractivity contribution is 5.89. The number of hydrogen-bond donors (Lipinski definition) is 1. The third kappa shape index (κ3) is 2.45. The van der Waals surface area contributed by atoms with E-state index in [1.165, 1.54) is 29.2 Å². The standard InChI is InChI=1S/C17H11F2N5/c18-11-4-3-5-12(8-11)24-17-13(9-22-24)16(20-10-21-17)23-15-7-2-1-6-14(15)19/h1-10H,(H,20,21,23). The van der Waals surface area contributed by atoms with Crippen molar-refractivity contribution in [3.63, 3.8) is 0 Å². The Bertz CT molecular complexity index is 1030. The smallest absolute Gasteiger partial charge is 0.168 e. The van der Waals surface area contributed by atoms with Crippen LogP contribution in [0.2, 0.25) is 0 Å². The van der Waals surface area contributed by atoms with Crippen LogP contribution in [-0.4, -0.2) is 19.7 Å². The summed E-state index contributed by atoms with van der Waals surface area (Å²) in [5.41, 5.74) is 1.34. The summed E-state index contributed by atoms with van der Waals surface area (Å²) in [6.45, 7) is 0. The van der Waals surface area contributed by atoms with Gasteiger partial charge in [-0.2, -0.15) is 5.10 Å². The van der Waals surface area contributed by atoms with E-state index < -0.39 is 0 Å². The monoisotopic (exact) mass is 323 g/mol. The molecule has 0 saturated heterocycles. The Morgan fingerprint density at radius 3 is 2.67 bits per heavy atom. The zero-order chi connectivity index (χ0) is 16.5. The highest BCUT2D eigenvalue weighted by Gasteiger charge is 2.12. The van der Waals surface area contributed by atoms with Crippen LogP contribution in [0.1, 0.15) is 0 Å². The fourth-order valence-corrected chi connectivity index (χ4v) is 2.43. The van der Waals surface area contributed by atoms with Gasteiger partial charge in [-0.1, -0.05) is 18.2 Å². The van der Waals surface area contributed by atoms with E-state index >= 15 is 0 Å². The van der Waals surface area contributed by atoms with Crippen molar-refractivity contribution < 1.29 is 8.78 Å². The maximum atomic E-state index is 13.8. The maximum Gasteiger partial charge on any atom is 0.168 e. The molecule has 0 radical (unpaired) electrons. The van der Waals surface area contributed by atoms with Crippen LogP contribution in [0.4, 0.5) is 20.3 Å². The molecule has 0 aliphatic carbocycles. The third-order valence-corrected chi connectivity index (χ3v) is 3.55. The number of nitrogens with zero attached hydrogens (tertiary/aromatic N) is 4. The van der Waals surface area contributed by atoms with Crippen molar-refractivity contribution in [2.75, 3.05) is 5.32 Å². The Hall–Kier alpha value is -3.35. The van der Waals surface area contributed by atoms with Gasteiger partial charge in [0, 0.05) is 0 Å². The third-order valence-electron chi connectivity index (χ3n) is 3.55. The van der Waals surface area contributed by atoms with E-state index in [0.717, 1.165) is 0 Å². The Kier molecular flexibility index (Phi) is 3.38. The number of halogens is 2. The van der Waals surface area contributed by atoms with Crippen LogP contribution in [0.25, 0.3) is 16.7 Å². The molecule has 0 saturated carbocycles. The van der Waals surface area contributed by atoms with Gasteiger partial charge in [-0.15, -0.1) is 0 Å². The van der Waals surface area contributed by atoms with Crippen molar-refractivity contribution in [2.45, 2.75) is 0 Å². The molecule has 0 fully saturated rings. The zero-order valence-electron chi connectivity index (χ0n) is 12.3. The normalized spacial score (nSPS) is 10.9. The summed E-state index contributed by atoms with van der Waals surface area (Å²) in [6, 6.07) is 12.3. The topological polar surface area (TPSA) is 55.6 Å². The molecule has 0 bridgehead atoms. The van der Waals surface area contributed by atoms with Gasteiger partial charge >= 0.3 is 0 Å². The molecule has 4 aromatic rings. The molecule has 2 heterocycles. The average Bonchev–Trinajstić information content (AvgIpc) is 3.02. The number of hydrogen-bond acceptors (Lipinski definition) is 4. The highest BCUT2D eigenvalue weighted by atomic mass is 19.1. The molecule has 0 unspecified atom stereocenters. The Balaban J connectivity index is 1.81. The van der Waals surface area contributed by atoms with Gasteiger partial charge in [0.25, 0.3) is 0 Å². The van der Waals surface area contributed by atoms with Crippen molar-refractivity contribution in [3.05, 3.63) is 72.7 Å². The lowest BCUT2D eigenvalue weighted by atomic mass is 10.3. The molecule has 0 atom stereocenters. The maximum absolute atomic E-state index is 13.8. The molecule has 5 nitrogen and oxygen atoms in total. The van der Waals surface area contributed by atoms with Crippen LogP contribution < -0.4 is 5.32 Å². The quantitative estimate of drug-likeness (QED) is 0.622. The lowest BCUT2D eigenvalue weighted by Crippen LogP contribution is -2.00. The number of rotatable bonds is 3. The van der Waals surface area contributed by atoms with Gasteiger partial charge < -0.3 is 5.32 Å². The zero-order valence-corrected chi connectivity index (χ0v) is 12.3. The number of aromatic nitrogens is 4. The highest BCUT2D eigenvalue weighted by Crippen LogP contribution is 2.25. The SMILES string of the molecule is Fc1cccc(-n2ncc3c(Nc4ccccc4F)ncnc32)c1. The number of anilines is 2. The fraction of sp³-hybridized carbons (Fsp3) is 0. The van der Waals surface area contributed by atoms with E-state index in [4.69, 9.17) is 0 Å². The van der Waals surface area contributed by atoms with Gasteiger partial charge in [-0.25, -0.2) is 23.4 Å². The van der Waals surface area contributed by atoms with E-state index in [0.29, 0.717) is 28.2 Å². The van der Waals surface area contributed by atoms with E-state index in [1.807, 2.05) is 0 Å². The second-order valence-electron chi connectivity index (χ2n) is 5.10. The van der Waals surface area contributed by atoms with E-state index in [1.54, 1.807) is 36.5 Å². The Labute approximate surface area is 135 Å². The van der Waals surface area contributed by atoms with E-state index in [-0.39, 0.29) is 11.6 Å². The van der Waals surface area contributed by atoms with Crippen molar-refractivity contribution in [1.82, 2.24) is 19.7 Å². The Morgan fingerprint density at radius 1 is 0.958 bits per heavy atom. The molecule has 4 rings (SSSR count). The lowest BCUT2D eigenvalue weighted by molar-refractivity contribution is 0.625. The average molecular weight is 323 g/mol. The van der Waals surface area contributed by atoms with Crippen LogP contribution in [0.15, 0.2) is 61.1 Å². The van der Waals surface area contributed by atoms with Gasteiger partial charge in [0.15, 0.2) is 5.65 Å². The number of para-hydroxylation sites is 1. The van der Waals surface area contributed by atoms with Crippen LogP contribution >= 0.6 is 0 Å². The molecule has 2 aromatic heterocycles. The van der Waals surface area contributed by atoms with E-state index in [2.05, 4.69) is 20.4 Å². The molecule has 24 heavy (non-hydrogen) atoms. The first kappa shape index (κ1) is 14.3. The minimum atomic E-state index is -0.387. The summed E-state index contributed by atoms with van der Waals surface area (Å²) in [7, 11) is 0. The first-order valence-electron chi connectivity index (χ1n) is 7.18. The molecule has 118 valence electrons. The summed E-state index contributed by atoms with van der Waals surface area (Å²) in [6.07, 6.45) is 2.91. The molecule has 0 spiro atoms. The van der Waals surface area contributed by atoms with Crippen LogP contribution in [0, 0.1) is 11.6 Å². The molecule has 0 aliphatic heterocycles. The minimum absolute atomic E-state index is 0.302. The van der Waals surface area contributed by atoms with Crippen molar-refractivity contribution in [2.24, 2.45) is 0 Å². The van der Waals surface area contributed by atoms with E-state index in [9.17, 15) is 8.78 Å². The van der Waals surface area contributed by atoms with Gasteiger partial charge in [-0.3, -0.25) is 0 Å². The molecule has 7 heteroatoms. The first-order chi connectivity index (χ1) is 11.7. The fourth-order valence-electron chi connectivity index (χ4n) is 2.43. The van der Waals surface area contributed by atoms with Crippen molar-refractivity contribution in [3.8, 4) is 5.69 Å². The molecule has 0 aliphatic rings. The van der Waals surface area contributed by atoms with Gasteiger partial charge in [0.2, 0.25) is 0 Å². The summed E-state index contributed by atoms with van der Waals surface area (Å²) in [4.78, 5) is 8.36. The Morgan fingerprint density at radius 2 is 1.83 bits per heavy atom. The minimum Gasteiger partial charge on any atom is -0.337 e. The molecular weight excluding hydrogens is 312 g/mol. The van der Waals surface area contributed by atoms with Gasteiger partial charge in [-0.05, 0) is 30.3 Å². The molecule has 0 amide bonds. The summed E-state index contributed by atoms with van der Waals surface area (Å²) in [5.74, 6) is -0.329. The number of fused-ring (bicyclic) bond motifs is 1. The predicted molar refractivity (Wildman–Crippen MR) is 86.3 cm³/mol. The summed E-state index contributed by atoms with van der Waals surface area (Å²) < 4.78 is 28.8. The molecule has 1 N–H and O–H groups in total. The van der Waals surface area contributed by atoms with Gasteiger partial charge in [0.1, 0.15) is 23.8 Å². The van der Waals surface area contributed by atoms with Crippen LogP contribution in [0.3, 0.4) is 0 Å². The van der Waals surface area contributed by atoms with Crippen LogP contribution in [-0.2, 0) is 0 Å². The molecular formula is C17H11F2N5. The second-order valence-corrected chi connectivity index (χ2v) is 5.10. The first-order valence-corrected chi connectivity index (χ1v) is 7.18. The predicted octanol–water partition coefficient (Wildman–Crippen LogP) is 3.84. The summed E-state index contributed by atoms with van der Waals surface area (Å²) in [5, 5.41) is 7.78. The number of nitrogens with one attached hydrogen (secondary N) is 1. The summed E-state index contributed by atoms with van der Waals surface area (Å²) >= 11 is 0. The molecule has 2 aromatic carbocycles. The second kappa shape index (κ2) is 5.69. The number of benzene rings is 2. The lowest BCUT2D eigenvalue weighted by Gasteiger charge is -2.07. The van der Waals surface area contributed by atoms with Crippen LogP contribution in [0.5, 0.6) is 0 Å². The van der Waals surface area contributed by atoms with Gasteiger partial charge in [0.05, 0.1) is 23.0 Å².